The Morgan fingerprint density at radius 3 is 2.44 bits per heavy atom. The fourth-order valence-electron chi connectivity index (χ4n) is 3.63. The van der Waals surface area contributed by atoms with Crippen LogP contribution in [0.3, 0.4) is 0 Å². The molecular weight excluding hydrogens is 455 g/mol. The van der Waals surface area contributed by atoms with Crippen molar-refractivity contribution in [3.8, 4) is 0 Å². The van der Waals surface area contributed by atoms with E-state index in [0.717, 1.165) is 11.6 Å². The van der Waals surface area contributed by atoms with E-state index in [4.69, 9.17) is 12.2 Å². The molecule has 0 bridgehead atoms. The number of benzene rings is 3. The first-order valence-electron chi connectivity index (χ1n) is 10.5. The molecule has 0 spiro atoms. The molecule has 9 heteroatoms. The molecule has 7 nitrogen and oxygen atoms in total. The maximum Gasteiger partial charge on any atom is 0.269 e. The standard InChI is InChI=1S/C25H21FN4O3S/c1-16-7-5-10-19(13-16)27-22(31)15-21-24(33)29(20-11-3-2-4-12-20)25(34)30(21)28-23(32)17-8-6-9-18(26)14-17/h2-14,21H,15H2,1H3,(H,27,31)(H,28,32). The van der Waals surface area contributed by atoms with E-state index in [-0.39, 0.29) is 17.1 Å². The zero-order valence-corrected chi connectivity index (χ0v) is 19.0. The summed E-state index contributed by atoms with van der Waals surface area (Å²) < 4.78 is 13.6. The molecule has 0 radical (unpaired) electrons. The lowest BCUT2D eigenvalue weighted by Gasteiger charge is -2.24. The van der Waals surface area contributed by atoms with Crippen LogP contribution in [0.25, 0.3) is 0 Å². The van der Waals surface area contributed by atoms with Crippen LogP contribution < -0.4 is 15.6 Å². The average Bonchev–Trinajstić information content (AvgIpc) is 3.03. The van der Waals surface area contributed by atoms with Crippen LogP contribution in [-0.4, -0.2) is 33.9 Å². The fourth-order valence-corrected chi connectivity index (χ4v) is 4.00. The highest BCUT2D eigenvalue weighted by Gasteiger charge is 2.45. The molecule has 0 aromatic heterocycles. The molecule has 1 aliphatic heterocycles. The maximum atomic E-state index is 13.6. The Morgan fingerprint density at radius 2 is 1.74 bits per heavy atom. The summed E-state index contributed by atoms with van der Waals surface area (Å²) in [5, 5.41) is 3.97. The van der Waals surface area contributed by atoms with Gasteiger partial charge < -0.3 is 5.32 Å². The highest BCUT2D eigenvalue weighted by atomic mass is 32.1. The number of carbonyl (C=O) groups excluding carboxylic acids is 3. The molecule has 1 saturated heterocycles. The van der Waals surface area contributed by atoms with Gasteiger partial charge in [-0.15, -0.1) is 0 Å². The van der Waals surface area contributed by atoms with E-state index in [1.807, 2.05) is 19.1 Å². The van der Waals surface area contributed by atoms with Crippen LogP contribution in [0.1, 0.15) is 22.3 Å². The van der Waals surface area contributed by atoms with E-state index in [1.54, 1.807) is 42.5 Å². The number of nitrogens with one attached hydrogen (secondary N) is 2. The number of carbonyl (C=O) groups is 3. The Bertz CT molecular complexity index is 1270. The minimum absolute atomic E-state index is 0.00862. The number of thiocarbonyl (C=S) groups is 1. The number of nitrogens with zero attached hydrogens (tertiary/aromatic N) is 2. The topological polar surface area (TPSA) is 81.8 Å². The second kappa shape index (κ2) is 9.80. The quantitative estimate of drug-likeness (QED) is 0.529. The molecule has 1 atom stereocenters. The van der Waals surface area contributed by atoms with Crippen molar-refractivity contribution in [2.75, 3.05) is 10.2 Å². The Balaban J connectivity index is 1.60. The molecule has 3 amide bonds. The van der Waals surface area contributed by atoms with E-state index in [0.29, 0.717) is 11.4 Å². The summed E-state index contributed by atoms with van der Waals surface area (Å²) in [6.45, 7) is 1.90. The monoisotopic (exact) mass is 476 g/mol. The largest absolute Gasteiger partial charge is 0.326 e. The zero-order valence-electron chi connectivity index (χ0n) is 18.2. The zero-order chi connectivity index (χ0) is 24.2. The lowest BCUT2D eigenvalue weighted by molar-refractivity contribution is -0.124. The van der Waals surface area contributed by atoms with Gasteiger partial charge in [0.2, 0.25) is 11.0 Å². The lowest BCUT2D eigenvalue weighted by Crippen LogP contribution is -2.49. The molecule has 34 heavy (non-hydrogen) atoms. The van der Waals surface area contributed by atoms with E-state index in [1.165, 1.54) is 28.1 Å². The van der Waals surface area contributed by atoms with Crippen LogP contribution in [0.4, 0.5) is 15.8 Å². The van der Waals surface area contributed by atoms with Crippen LogP contribution >= 0.6 is 12.2 Å². The first-order chi connectivity index (χ1) is 16.3. The molecule has 0 saturated carbocycles. The number of hydrogen-bond donors (Lipinski definition) is 2. The minimum atomic E-state index is -1.09. The van der Waals surface area contributed by atoms with Gasteiger partial charge in [-0.25, -0.2) is 9.40 Å². The number of hydrogen-bond acceptors (Lipinski definition) is 4. The van der Waals surface area contributed by atoms with E-state index in [9.17, 15) is 18.8 Å². The number of rotatable bonds is 6. The molecule has 1 heterocycles. The summed E-state index contributed by atoms with van der Waals surface area (Å²) in [5.41, 5.74) is 4.69. The SMILES string of the molecule is Cc1cccc(NC(=O)CC2C(=O)N(c3ccccc3)C(=S)N2NC(=O)c2cccc(F)c2)c1. The Kier molecular flexibility index (Phi) is 6.65. The van der Waals surface area contributed by atoms with Gasteiger partial charge in [0.1, 0.15) is 11.9 Å². The molecule has 1 fully saturated rings. The van der Waals surface area contributed by atoms with Crippen molar-refractivity contribution in [2.45, 2.75) is 19.4 Å². The number of para-hydroxylation sites is 1. The van der Waals surface area contributed by atoms with Crippen molar-refractivity contribution in [3.05, 3.63) is 95.8 Å². The van der Waals surface area contributed by atoms with Gasteiger partial charge in [0, 0.05) is 11.3 Å². The van der Waals surface area contributed by atoms with E-state index >= 15 is 0 Å². The lowest BCUT2D eigenvalue weighted by atomic mass is 10.1. The van der Waals surface area contributed by atoms with Crippen molar-refractivity contribution in [1.29, 1.82) is 0 Å². The van der Waals surface area contributed by atoms with Gasteiger partial charge in [-0.05, 0) is 67.2 Å². The van der Waals surface area contributed by atoms with Gasteiger partial charge in [-0.3, -0.25) is 24.7 Å². The molecule has 0 aliphatic carbocycles. The Labute approximate surface area is 201 Å². The van der Waals surface area contributed by atoms with Crippen molar-refractivity contribution < 1.29 is 18.8 Å². The van der Waals surface area contributed by atoms with Gasteiger partial charge in [0.15, 0.2) is 0 Å². The molecule has 172 valence electrons. The van der Waals surface area contributed by atoms with E-state index < -0.39 is 29.6 Å². The number of anilines is 2. The van der Waals surface area contributed by atoms with Gasteiger partial charge in [-0.2, -0.15) is 0 Å². The molecule has 3 aromatic rings. The summed E-state index contributed by atoms with van der Waals surface area (Å²) >= 11 is 5.50. The second-order valence-corrected chi connectivity index (χ2v) is 8.12. The smallest absolute Gasteiger partial charge is 0.269 e. The number of amides is 3. The molecular formula is C25H21FN4O3S. The summed E-state index contributed by atoms with van der Waals surface area (Å²) in [4.78, 5) is 40.2. The van der Waals surface area contributed by atoms with Crippen molar-refractivity contribution in [1.82, 2.24) is 10.4 Å². The predicted molar refractivity (Wildman–Crippen MR) is 130 cm³/mol. The number of aryl methyl sites for hydroxylation is 1. The van der Waals surface area contributed by atoms with Crippen LogP contribution in [0.2, 0.25) is 0 Å². The minimum Gasteiger partial charge on any atom is -0.326 e. The summed E-state index contributed by atoms with van der Waals surface area (Å²) in [6, 6.07) is 20.0. The third kappa shape index (κ3) is 4.94. The van der Waals surface area contributed by atoms with Crippen molar-refractivity contribution in [3.63, 3.8) is 0 Å². The molecule has 3 aromatic carbocycles. The highest BCUT2D eigenvalue weighted by molar-refractivity contribution is 7.80. The molecule has 2 N–H and O–H groups in total. The van der Waals surface area contributed by atoms with Crippen LogP contribution in [0, 0.1) is 12.7 Å². The van der Waals surface area contributed by atoms with Crippen LogP contribution in [0.5, 0.6) is 0 Å². The van der Waals surface area contributed by atoms with E-state index in [2.05, 4.69) is 10.7 Å². The van der Waals surface area contributed by atoms with Crippen molar-refractivity contribution in [2.24, 2.45) is 0 Å². The maximum absolute atomic E-state index is 13.6. The molecule has 1 unspecified atom stereocenters. The number of halogens is 1. The Morgan fingerprint density at radius 1 is 1.00 bits per heavy atom. The van der Waals surface area contributed by atoms with Gasteiger partial charge in [0.05, 0.1) is 12.1 Å². The van der Waals surface area contributed by atoms with Gasteiger partial charge in [-0.1, -0.05) is 36.4 Å². The normalized spacial score (nSPS) is 15.4. The van der Waals surface area contributed by atoms with Gasteiger partial charge >= 0.3 is 0 Å². The third-order valence-corrected chi connectivity index (χ3v) is 5.60. The first kappa shape index (κ1) is 23.1. The predicted octanol–water partition coefficient (Wildman–Crippen LogP) is 3.81. The third-order valence-electron chi connectivity index (χ3n) is 5.22. The van der Waals surface area contributed by atoms with Crippen LogP contribution in [-0.2, 0) is 9.59 Å². The fraction of sp³-hybridized carbons (Fsp3) is 0.120. The summed E-state index contributed by atoms with van der Waals surface area (Å²) in [6.07, 6.45) is -0.264. The summed E-state index contributed by atoms with van der Waals surface area (Å²) in [5.74, 6) is -2.12. The second-order valence-electron chi connectivity index (χ2n) is 7.75. The van der Waals surface area contributed by atoms with Gasteiger partial charge in [0.25, 0.3) is 11.8 Å². The highest BCUT2D eigenvalue weighted by Crippen LogP contribution is 2.26. The van der Waals surface area contributed by atoms with Crippen molar-refractivity contribution >= 4 is 46.4 Å². The molecule has 4 rings (SSSR count). The first-order valence-corrected chi connectivity index (χ1v) is 10.9. The Hall–Kier alpha value is -4.11. The number of hydrazine groups is 1. The van der Waals surface area contributed by atoms with Crippen LogP contribution in [0.15, 0.2) is 78.9 Å². The molecule has 1 aliphatic rings. The summed E-state index contributed by atoms with van der Waals surface area (Å²) in [7, 11) is 0. The average molecular weight is 477 g/mol.